The van der Waals surface area contributed by atoms with Gasteiger partial charge in [0.1, 0.15) is 11.6 Å². The summed E-state index contributed by atoms with van der Waals surface area (Å²) in [5, 5.41) is 0. The number of aryl methyl sites for hydroxylation is 1. The molecule has 0 N–H and O–H groups in total. The summed E-state index contributed by atoms with van der Waals surface area (Å²) in [5.74, 6) is 0.602. The van der Waals surface area contributed by atoms with E-state index >= 15 is 0 Å². The fraction of sp³-hybridized carbons (Fsp3) is 0.375. The topological polar surface area (TPSA) is 13.1 Å². The molecule has 0 fully saturated rings. The summed E-state index contributed by atoms with van der Waals surface area (Å²) in [6, 6.07) is 8.46. The SMILES string of the molecule is CCCCCCc1coc(-c2ccc(F)cc2)c1. The van der Waals surface area contributed by atoms with Crippen molar-refractivity contribution < 1.29 is 8.81 Å². The second-order valence-corrected chi connectivity index (χ2v) is 4.64. The third kappa shape index (κ3) is 3.46. The first kappa shape index (κ1) is 12.9. The van der Waals surface area contributed by atoms with Crippen molar-refractivity contribution in [3.63, 3.8) is 0 Å². The molecule has 0 saturated carbocycles. The van der Waals surface area contributed by atoms with E-state index in [0.717, 1.165) is 17.7 Å². The van der Waals surface area contributed by atoms with Crippen LogP contribution in [0, 0.1) is 5.82 Å². The van der Waals surface area contributed by atoms with Crippen LogP contribution in [-0.4, -0.2) is 0 Å². The number of furan rings is 1. The van der Waals surface area contributed by atoms with Crippen LogP contribution in [0.15, 0.2) is 41.0 Å². The van der Waals surface area contributed by atoms with Gasteiger partial charge in [-0.1, -0.05) is 26.2 Å². The molecular weight excluding hydrogens is 227 g/mol. The molecule has 0 unspecified atom stereocenters. The molecule has 2 rings (SSSR count). The molecule has 2 heteroatoms. The highest BCUT2D eigenvalue weighted by Crippen LogP contribution is 2.23. The zero-order valence-electron chi connectivity index (χ0n) is 10.8. The van der Waals surface area contributed by atoms with Gasteiger partial charge in [0.2, 0.25) is 0 Å². The van der Waals surface area contributed by atoms with E-state index in [4.69, 9.17) is 4.42 Å². The largest absolute Gasteiger partial charge is 0.464 e. The quantitative estimate of drug-likeness (QED) is 0.638. The Morgan fingerprint density at radius 2 is 1.83 bits per heavy atom. The Hall–Kier alpha value is -1.57. The maximum Gasteiger partial charge on any atom is 0.134 e. The second kappa shape index (κ2) is 6.39. The van der Waals surface area contributed by atoms with Crippen molar-refractivity contribution in [2.45, 2.75) is 39.0 Å². The van der Waals surface area contributed by atoms with Gasteiger partial charge in [-0.05, 0) is 48.7 Å². The van der Waals surface area contributed by atoms with E-state index in [1.54, 1.807) is 12.1 Å². The van der Waals surface area contributed by atoms with E-state index in [2.05, 4.69) is 13.0 Å². The molecule has 0 aliphatic rings. The molecule has 2 aromatic rings. The molecule has 0 atom stereocenters. The van der Waals surface area contributed by atoms with Gasteiger partial charge >= 0.3 is 0 Å². The summed E-state index contributed by atoms with van der Waals surface area (Å²) < 4.78 is 18.3. The van der Waals surface area contributed by atoms with Gasteiger partial charge in [0.25, 0.3) is 0 Å². The average Bonchev–Trinajstić information content (AvgIpc) is 2.84. The Morgan fingerprint density at radius 3 is 2.56 bits per heavy atom. The fourth-order valence-corrected chi connectivity index (χ4v) is 2.03. The van der Waals surface area contributed by atoms with Crippen LogP contribution < -0.4 is 0 Å². The van der Waals surface area contributed by atoms with E-state index in [1.807, 2.05) is 6.26 Å². The van der Waals surface area contributed by atoms with E-state index in [9.17, 15) is 4.39 Å². The van der Waals surface area contributed by atoms with E-state index in [-0.39, 0.29) is 5.82 Å². The van der Waals surface area contributed by atoms with Gasteiger partial charge in [-0.25, -0.2) is 4.39 Å². The van der Waals surface area contributed by atoms with Gasteiger partial charge in [0.15, 0.2) is 0 Å². The van der Waals surface area contributed by atoms with Gasteiger partial charge in [0, 0.05) is 5.56 Å². The maximum absolute atomic E-state index is 12.8. The molecule has 0 saturated heterocycles. The first-order valence-corrected chi connectivity index (χ1v) is 6.63. The number of rotatable bonds is 6. The lowest BCUT2D eigenvalue weighted by Gasteiger charge is -1.96. The van der Waals surface area contributed by atoms with Crippen LogP contribution in [0.25, 0.3) is 11.3 Å². The number of unbranched alkanes of at least 4 members (excludes halogenated alkanes) is 3. The van der Waals surface area contributed by atoms with Gasteiger partial charge in [0.05, 0.1) is 6.26 Å². The summed E-state index contributed by atoms with van der Waals surface area (Å²) in [5.41, 5.74) is 2.15. The highest BCUT2D eigenvalue weighted by molar-refractivity contribution is 5.57. The number of halogens is 1. The lowest BCUT2D eigenvalue weighted by Crippen LogP contribution is -1.82. The molecule has 1 aromatic carbocycles. The molecular formula is C16H19FO. The zero-order valence-corrected chi connectivity index (χ0v) is 10.8. The lowest BCUT2D eigenvalue weighted by molar-refractivity contribution is 0.575. The van der Waals surface area contributed by atoms with Crippen LogP contribution in [-0.2, 0) is 6.42 Å². The Labute approximate surface area is 108 Å². The van der Waals surface area contributed by atoms with Crippen LogP contribution in [0.3, 0.4) is 0 Å². The van der Waals surface area contributed by atoms with Crippen molar-refractivity contribution in [2.75, 3.05) is 0 Å². The highest BCUT2D eigenvalue weighted by atomic mass is 19.1. The summed E-state index contributed by atoms with van der Waals surface area (Å²) in [4.78, 5) is 0. The minimum atomic E-state index is -0.218. The molecule has 0 bridgehead atoms. The Bertz CT molecular complexity index is 470. The minimum Gasteiger partial charge on any atom is -0.464 e. The molecule has 18 heavy (non-hydrogen) atoms. The van der Waals surface area contributed by atoms with Crippen LogP contribution in [0.1, 0.15) is 38.2 Å². The van der Waals surface area contributed by atoms with E-state index in [1.165, 1.54) is 43.4 Å². The monoisotopic (exact) mass is 246 g/mol. The fourth-order valence-electron chi connectivity index (χ4n) is 2.03. The molecule has 1 nitrogen and oxygen atoms in total. The van der Waals surface area contributed by atoms with Gasteiger partial charge < -0.3 is 4.42 Å². The Kier molecular flexibility index (Phi) is 4.57. The van der Waals surface area contributed by atoms with Crippen molar-refractivity contribution in [1.29, 1.82) is 0 Å². The van der Waals surface area contributed by atoms with Crippen molar-refractivity contribution in [3.8, 4) is 11.3 Å². The third-order valence-corrected chi connectivity index (χ3v) is 3.10. The van der Waals surface area contributed by atoms with Crippen LogP contribution >= 0.6 is 0 Å². The number of hydrogen-bond acceptors (Lipinski definition) is 1. The Balaban J connectivity index is 1.95. The second-order valence-electron chi connectivity index (χ2n) is 4.64. The molecule has 96 valence electrons. The van der Waals surface area contributed by atoms with E-state index in [0.29, 0.717) is 0 Å². The molecule has 1 aromatic heterocycles. The van der Waals surface area contributed by atoms with Crippen molar-refractivity contribution >= 4 is 0 Å². The summed E-state index contributed by atoms with van der Waals surface area (Å²) in [6.45, 7) is 2.21. The van der Waals surface area contributed by atoms with Gasteiger partial charge in [-0.3, -0.25) is 0 Å². The normalized spacial score (nSPS) is 10.8. The van der Waals surface area contributed by atoms with Gasteiger partial charge in [-0.15, -0.1) is 0 Å². The molecule has 0 radical (unpaired) electrons. The summed E-state index contributed by atoms with van der Waals surface area (Å²) in [7, 11) is 0. The average molecular weight is 246 g/mol. The highest BCUT2D eigenvalue weighted by Gasteiger charge is 2.04. The standard InChI is InChI=1S/C16H19FO/c1-2-3-4-5-6-13-11-16(18-12-13)14-7-9-15(17)10-8-14/h7-12H,2-6H2,1H3. The molecule has 0 aliphatic heterocycles. The first-order valence-electron chi connectivity index (χ1n) is 6.63. The summed E-state index contributed by atoms with van der Waals surface area (Å²) >= 11 is 0. The lowest BCUT2D eigenvalue weighted by atomic mass is 10.1. The molecule has 0 spiro atoms. The van der Waals surface area contributed by atoms with Crippen LogP contribution in [0.4, 0.5) is 4.39 Å². The van der Waals surface area contributed by atoms with Crippen LogP contribution in [0.5, 0.6) is 0 Å². The zero-order chi connectivity index (χ0) is 12.8. The first-order chi connectivity index (χ1) is 8.79. The predicted octanol–water partition coefficient (Wildman–Crippen LogP) is 5.21. The van der Waals surface area contributed by atoms with Crippen molar-refractivity contribution in [3.05, 3.63) is 48.0 Å². The smallest absolute Gasteiger partial charge is 0.134 e. The van der Waals surface area contributed by atoms with E-state index < -0.39 is 0 Å². The number of benzene rings is 1. The predicted molar refractivity (Wildman–Crippen MR) is 71.9 cm³/mol. The van der Waals surface area contributed by atoms with Crippen molar-refractivity contribution in [1.82, 2.24) is 0 Å². The number of hydrogen-bond donors (Lipinski definition) is 0. The van der Waals surface area contributed by atoms with Crippen LogP contribution in [0.2, 0.25) is 0 Å². The molecule has 0 aliphatic carbocycles. The third-order valence-electron chi connectivity index (χ3n) is 3.10. The minimum absolute atomic E-state index is 0.218. The van der Waals surface area contributed by atoms with Gasteiger partial charge in [-0.2, -0.15) is 0 Å². The molecule has 0 amide bonds. The molecule has 1 heterocycles. The Morgan fingerprint density at radius 1 is 1.06 bits per heavy atom. The summed E-state index contributed by atoms with van der Waals surface area (Å²) in [6.07, 6.45) is 7.90. The van der Waals surface area contributed by atoms with Crippen molar-refractivity contribution in [2.24, 2.45) is 0 Å². The maximum atomic E-state index is 12.8.